The molecule has 0 saturated heterocycles. The smallest absolute Gasteiger partial charge is 0.420 e. The molecule has 592 valence electrons. The molecule has 0 fully saturated rings. The topological polar surface area (TPSA) is 305 Å². The molecular formula is C75H129Cl2N7O19. The van der Waals surface area contributed by atoms with Crippen LogP contribution in [0.15, 0.2) is 53.5 Å². The molecule has 1 aromatic heterocycles. The van der Waals surface area contributed by atoms with E-state index in [0.29, 0.717) is 89.2 Å². The number of nitrogens with zero attached hydrogens (tertiary/aromatic N) is 5. The largest absolute Gasteiger partial charge is 0.444 e. The van der Waals surface area contributed by atoms with Crippen molar-refractivity contribution in [3.8, 4) is 0 Å². The van der Waals surface area contributed by atoms with Gasteiger partial charge >= 0.3 is 36.6 Å². The third-order valence-corrected chi connectivity index (χ3v) is 12.7. The van der Waals surface area contributed by atoms with E-state index >= 15 is 0 Å². The number of rotatable bonds is 29. The average molecular weight is 1500 g/mol. The number of alkyl halides is 2. The lowest BCUT2D eigenvalue weighted by Crippen LogP contribution is -2.44. The molecule has 0 bridgehead atoms. The first kappa shape index (κ1) is 98.8. The lowest BCUT2D eigenvalue weighted by atomic mass is 10.1. The highest BCUT2D eigenvalue weighted by atomic mass is 35.5. The standard InChI is InChI=1S/C18H35NO6.C14H25NO5.C13H15ClN2O2.C13H27NO4.C9H8ClN.C8H19NO2/c1-9-22-14(23-10-2)12-11-13-19(15(20)24-17(3,4)5)16(21)25-18(6,7)8;1-13(2,3)19-11(17)15(9-7-8-10-16)12(18)20-14(4,5)6;1-13(2,3)18-12(17)16-10-7-5-4-6-9(10)15-11(16)8-14;1-6-16-11(17-7-2)9-8-10-14-12(15)18-13(3,4)5;10-6-8-5-7-3-1-2-4-9(7)11-8;1-3-10-8(11-4-2)6-5-7-9/h14H,9-13H2,1-8H3;10H,7-9H2,1-6H3;4-7H,8H2,1-3H3;11H,6-10H2,1-5H3,(H,14,15);1-4H,5-6H2;8H,3-7,9H2,1-2H3. The zero-order chi connectivity index (χ0) is 79.2. The molecule has 0 saturated carbocycles. The summed E-state index contributed by atoms with van der Waals surface area (Å²) in [6.45, 7) is 48.6. The Balaban J connectivity index is 0. The van der Waals surface area contributed by atoms with E-state index in [1.807, 2.05) is 126 Å². The molecule has 5 amide bonds. The molecule has 28 heteroatoms. The fourth-order valence-corrected chi connectivity index (χ4v) is 8.64. The summed E-state index contributed by atoms with van der Waals surface area (Å²) in [5.74, 6) is 1.20. The molecule has 103 heavy (non-hydrogen) atoms. The van der Waals surface area contributed by atoms with E-state index in [1.165, 1.54) is 10.1 Å². The van der Waals surface area contributed by atoms with Crippen LogP contribution >= 0.6 is 23.2 Å². The molecule has 1 aliphatic heterocycles. The monoisotopic (exact) mass is 1500 g/mol. The number of imide groups is 2. The minimum absolute atomic E-state index is 0.0476. The summed E-state index contributed by atoms with van der Waals surface area (Å²) in [6, 6.07) is 15.5. The van der Waals surface area contributed by atoms with Crippen LogP contribution in [0.4, 0.5) is 34.5 Å². The number of para-hydroxylation sites is 3. The number of carbonyl (C=O) groups excluding carboxylic acids is 7. The van der Waals surface area contributed by atoms with Crippen molar-refractivity contribution in [2.45, 2.75) is 282 Å². The number of benzene rings is 2. The van der Waals surface area contributed by atoms with Gasteiger partial charge < -0.3 is 72.7 Å². The molecule has 3 N–H and O–H groups in total. The summed E-state index contributed by atoms with van der Waals surface area (Å²) in [5.41, 5.74) is 6.45. The fraction of sp³-hybridized carbons (Fsp3) is 0.720. The number of aldehydes is 1. The van der Waals surface area contributed by atoms with Gasteiger partial charge in [-0.2, -0.15) is 0 Å². The van der Waals surface area contributed by atoms with E-state index in [1.54, 1.807) is 83.1 Å². The number of halogens is 2. The Labute approximate surface area is 625 Å². The van der Waals surface area contributed by atoms with Crippen LogP contribution in [0.5, 0.6) is 0 Å². The highest BCUT2D eigenvalue weighted by Crippen LogP contribution is 2.27. The van der Waals surface area contributed by atoms with Crippen molar-refractivity contribution in [1.29, 1.82) is 0 Å². The second-order valence-electron chi connectivity index (χ2n) is 28.8. The van der Waals surface area contributed by atoms with Gasteiger partial charge in [0, 0.05) is 90.7 Å². The highest BCUT2D eigenvalue weighted by molar-refractivity contribution is 6.29. The van der Waals surface area contributed by atoms with Crippen LogP contribution in [0.3, 0.4) is 0 Å². The zero-order valence-electron chi connectivity index (χ0n) is 66.6. The van der Waals surface area contributed by atoms with Crippen molar-refractivity contribution in [2.24, 2.45) is 10.7 Å². The van der Waals surface area contributed by atoms with E-state index in [2.05, 4.69) is 21.4 Å². The van der Waals surface area contributed by atoms with Crippen LogP contribution in [0.1, 0.15) is 229 Å². The van der Waals surface area contributed by atoms with Gasteiger partial charge in [0.1, 0.15) is 45.7 Å². The number of aromatic nitrogens is 2. The van der Waals surface area contributed by atoms with Crippen molar-refractivity contribution in [2.75, 3.05) is 71.7 Å². The van der Waals surface area contributed by atoms with Crippen LogP contribution in [-0.4, -0.2) is 192 Å². The van der Waals surface area contributed by atoms with Crippen molar-refractivity contribution < 1.29 is 90.4 Å². The molecule has 0 unspecified atom stereocenters. The van der Waals surface area contributed by atoms with Gasteiger partial charge in [-0.15, -0.1) is 23.2 Å². The number of fused-ring (bicyclic) bond motifs is 2. The molecule has 0 atom stereocenters. The van der Waals surface area contributed by atoms with Gasteiger partial charge in [0.15, 0.2) is 18.9 Å². The highest BCUT2D eigenvalue weighted by Gasteiger charge is 2.33. The van der Waals surface area contributed by atoms with Crippen molar-refractivity contribution in [3.63, 3.8) is 0 Å². The molecule has 0 radical (unpaired) electrons. The molecule has 4 rings (SSSR count). The molecule has 3 aromatic rings. The number of amides is 5. The zero-order valence-corrected chi connectivity index (χ0v) is 68.1. The van der Waals surface area contributed by atoms with Gasteiger partial charge in [0.05, 0.1) is 28.5 Å². The van der Waals surface area contributed by atoms with Crippen molar-refractivity contribution >= 4 is 88.5 Å². The van der Waals surface area contributed by atoms with E-state index < -0.39 is 64.1 Å². The third-order valence-electron chi connectivity index (χ3n) is 12.2. The molecular weight excluding hydrogens is 1370 g/mol. The summed E-state index contributed by atoms with van der Waals surface area (Å²) >= 11 is 11.5. The maximum Gasteiger partial charge on any atom is 0.420 e. The average Bonchev–Trinajstić information content (AvgIpc) is 1.65. The summed E-state index contributed by atoms with van der Waals surface area (Å²) in [5, 5.41) is 2.71. The van der Waals surface area contributed by atoms with E-state index in [9.17, 15) is 33.6 Å². The van der Waals surface area contributed by atoms with Gasteiger partial charge in [-0.3, -0.25) is 4.99 Å². The number of alkyl carbamates (subject to hydrolysis) is 1. The normalized spacial score (nSPS) is 12.0. The van der Waals surface area contributed by atoms with Gasteiger partial charge in [-0.05, 0) is 229 Å². The molecule has 26 nitrogen and oxygen atoms in total. The maximum absolute atomic E-state index is 12.4. The SMILES string of the molecule is CC(C)(C)OC(=O)N(CCCC=O)C(=O)OC(C)(C)C.CC(C)(C)OC(=O)n1c(CCl)nc2ccccc21.CCOC(CCCN(C(=O)OC(C)(C)C)C(=O)OC(C)(C)C)OCC.CCOC(CCCN)OCC.CCOC(CCCNC(=O)OC(C)(C)C)OCC.ClCC1=Nc2ccccc2C1. The quantitative estimate of drug-likeness (QED) is 0.0214. The fourth-order valence-electron chi connectivity index (χ4n) is 8.30. The Kier molecular flexibility index (Phi) is 49.8. The number of imidazole rings is 1. The van der Waals surface area contributed by atoms with E-state index in [-0.39, 0.29) is 50.4 Å². The van der Waals surface area contributed by atoms with Crippen LogP contribution in [0.25, 0.3) is 11.0 Å². The second-order valence-corrected chi connectivity index (χ2v) is 29.3. The Bertz CT molecular complexity index is 2830. The number of hydrogen-bond donors (Lipinski definition) is 2. The Hall–Kier alpha value is -6.23. The number of unbranched alkanes of at least 4 members (excludes halogenated alkanes) is 1. The third kappa shape index (κ3) is 50.0. The predicted octanol–water partition coefficient (Wildman–Crippen LogP) is 17.4. The number of nitrogens with one attached hydrogen (secondary N) is 1. The van der Waals surface area contributed by atoms with E-state index in [4.69, 9.17) is 85.8 Å². The molecule has 0 spiro atoms. The molecule has 0 aliphatic carbocycles. The number of ether oxygens (including phenoxy) is 12. The minimum Gasteiger partial charge on any atom is -0.444 e. The summed E-state index contributed by atoms with van der Waals surface area (Å²) in [7, 11) is 0. The van der Waals surface area contributed by atoms with E-state index in [0.717, 1.165) is 65.1 Å². The number of hydrogen-bond acceptors (Lipinski definition) is 22. The predicted molar refractivity (Wildman–Crippen MR) is 405 cm³/mol. The van der Waals surface area contributed by atoms with Crippen molar-refractivity contribution in [3.05, 3.63) is 59.9 Å². The first-order chi connectivity index (χ1) is 47.9. The Morgan fingerprint density at radius 2 is 0.893 bits per heavy atom. The molecule has 2 aromatic carbocycles. The van der Waals surface area contributed by atoms with Crippen molar-refractivity contribution in [1.82, 2.24) is 24.7 Å². The maximum atomic E-state index is 12.4. The minimum atomic E-state index is -0.766. The molecule has 2 heterocycles. The van der Waals surface area contributed by atoms with Crippen LogP contribution in [0.2, 0.25) is 0 Å². The summed E-state index contributed by atoms with van der Waals surface area (Å²) in [4.78, 5) is 93.1. The summed E-state index contributed by atoms with van der Waals surface area (Å²) in [6.07, 6.45) is 2.43. The van der Waals surface area contributed by atoms with Gasteiger partial charge in [0.2, 0.25) is 0 Å². The lowest BCUT2D eigenvalue weighted by molar-refractivity contribution is -0.140. The summed E-state index contributed by atoms with van der Waals surface area (Å²) < 4.78 is 65.2. The Morgan fingerprint density at radius 1 is 0.515 bits per heavy atom. The number of nitrogens with two attached hydrogens (primary N) is 1. The molecule has 1 aliphatic rings. The Morgan fingerprint density at radius 3 is 1.26 bits per heavy atom. The number of aliphatic imine (C=N–C) groups is 1. The lowest BCUT2D eigenvalue weighted by Gasteiger charge is -2.29. The second kappa shape index (κ2) is 51.9. The van der Waals surface area contributed by atoms with Gasteiger partial charge in [-0.25, -0.2) is 48.1 Å². The van der Waals surface area contributed by atoms with Crippen LogP contribution in [0, 0.1) is 0 Å². The van der Waals surface area contributed by atoms with Crippen LogP contribution < -0.4 is 11.1 Å². The van der Waals surface area contributed by atoms with Crippen LogP contribution in [-0.2, 0) is 73.9 Å². The number of carbonyl (C=O) groups is 7. The van der Waals surface area contributed by atoms with Gasteiger partial charge in [0.25, 0.3) is 0 Å². The first-order valence-corrected chi connectivity index (χ1v) is 36.7. The first-order valence-electron chi connectivity index (χ1n) is 35.6. The van der Waals surface area contributed by atoms with Gasteiger partial charge in [-0.1, -0.05) is 30.3 Å².